The zero-order valence-electron chi connectivity index (χ0n) is 21.5. The van der Waals surface area contributed by atoms with Crippen LogP contribution >= 0.6 is 0 Å². The number of nitrogens with zero attached hydrogens (tertiary/aromatic N) is 2. The van der Waals surface area contributed by atoms with E-state index in [9.17, 15) is 9.90 Å². The summed E-state index contributed by atoms with van der Waals surface area (Å²) < 4.78 is 0.304. The molecule has 0 aliphatic carbocycles. The molecule has 1 heterocycles. The third kappa shape index (κ3) is 14.4. The van der Waals surface area contributed by atoms with E-state index in [1.54, 1.807) is 6.20 Å². The summed E-state index contributed by atoms with van der Waals surface area (Å²) in [5.41, 5.74) is 5.73. The first-order valence-electron chi connectivity index (χ1n) is 13.8. The lowest BCUT2D eigenvalue weighted by molar-refractivity contribution is -0.778. The predicted octanol–water partition coefficient (Wildman–Crippen LogP) is 7.33. The van der Waals surface area contributed by atoms with Gasteiger partial charge in [0, 0.05) is 13.0 Å². The molecule has 33 heavy (non-hydrogen) atoms. The number of hydrogen-bond acceptors (Lipinski definition) is 3. The number of carboxylic acid groups (broad SMARTS) is 1. The summed E-state index contributed by atoms with van der Waals surface area (Å²) in [6.45, 7) is 3.39. The number of carbonyl (C=O) groups is 1. The average molecular weight is 463 g/mol. The second-order valence-electron chi connectivity index (χ2n) is 9.69. The average Bonchev–Trinajstić information content (AvgIpc) is 3.16. The zero-order chi connectivity index (χ0) is 24.0. The molecule has 1 atom stereocenters. The number of quaternary nitrogens is 1. The number of unbranched alkanes of at least 4 members (excludes halogenated alkanes) is 15. The van der Waals surface area contributed by atoms with E-state index >= 15 is 0 Å². The number of nitrogens with two attached hydrogens (primary N) is 1. The van der Waals surface area contributed by atoms with Crippen LogP contribution in [0.5, 0.6) is 0 Å². The molecule has 0 aromatic heterocycles. The fraction of sp³-hybridized carbons (Fsp3) is 0.786. The number of carboxylic acids is 1. The highest BCUT2D eigenvalue weighted by molar-refractivity contribution is 5.81. The van der Waals surface area contributed by atoms with Gasteiger partial charge in [0.05, 0.1) is 6.20 Å². The Bertz CT molecular complexity index is 586. The molecule has 0 saturated heterocycles. The summed E-state index contributed by atoms with van der Waals surface area (Å²) in [6, 6.07) is 0. The van der Waals surface area contributed by atoms with E-state index in [1.165, 1.54) is 103 Å². The Morgan fingerprint density at radius 3 is 1.91 bits per heavy atom. The second kappa shape index (κ2) is 20.0. The maximum atomic E-state index is 11.3. The first-order valence-corrected chi connectivity index (χ1v) is 13.8. The minimum atomic E-state index is -0.800. The van der Waals surface area contributed by atoms with Crippen LogP contribution in [-0.4, -0.2) is 41.0 Å². The largest absolute Gasteiger partial charge is 0.477 e. The molecule has 1 rings (SSSR count). The molecule has 0 fully saturated rings. The first-order chi connectivity index (χ1) is 16.1. The molecule has 1 aliphatic heterocycles. The summed E-state index contributed by atoms with van der Waals surface area (Å²) in [5, 5.41) is 9.27. The van der Waals surface area contributed by atoms with E-state index in [1.807, 2.05) is 6.20 Å². The Hall–Kier alpha value is -1.46. The van der Waals surface area contributed by atoms with Gasteiger partial charge >= 0.3 is 5.97 Å². The summed E-state index contributed by atoms with van der Waals surface area (Å²) in [5.74, 6) is 0.160. The van der Waals surface area contributed by atoms with Gasteiger partial charge in [-0.25, -0.2) is 14.3 Å². The SMILES string of the molecule is CCCCCCCCCC/C=C/CCCCCCCCCC1=NC=C[N+]1(CCN)CC(=O)O. The van der Waals surface area contributed by atoms with Crippen LogP contribution in [0.3, 0.4) is 0 Å². The van der Waals surface area contributed by atoms with Gasteiger partial charge in [0.1, 0.15) is 12.7 Å². The van der Waals surface area contributed by atoms with Gasteiger partial charge in [0.15, 0.2) is 6.54 Å². The maximum absolute atomic E-state index is 11.3. The second-order valence-corrected chi connectivity index (χ2v) is 9.69. The Kier molecular flexibility index (Phi) is 17.9. The molecule has 0 radical (unpaired) electrons. The van der Waals surface area contributed by atoms with E-state index < -0.39 is 5.97 Å². The van der Waals surface area contributed by atoms with Crippen molar-refractivity contribution in [3.8, 4) is 0 Å². The minimum absolute atomic E-state index is 0.0418. The van der Waals surface area contributed by atoms with Gasteiger partial charge < -0.3 is 10.8 Å². The van der Waals surface area contributed by atoms with Gasteiger partial charge in [-0.1, -0.05) is 96.1 Å². The summed E-state index contributed by atoms with van der Waals surface area (Å²) in [6.07, 6.45) is 31.7. The molecule has 0 aromatic carbocycles. The van der Waals surface area contributed by atoms with Crippen molar-refractivity contribution < 1.29 is 14.4 Å². The fourth-order valence-corrected chi connectivity index (χ4v) is 4.69. The van der Waals surface area contributed by atoms with Crippen LogP contribution in [0.25, 0.3) is 0 Å². The van der Waals surface area contributed by atoms with Gasteiger partial charge in [-0.3, -0.25) is 0 Å². The molecule has 1 unspecified atom stereocenters. The topological polar surface area (TPSA) is 75.7 Å². The van der Waals surface area contributed by atoms with Crippen molar-refractivity contribution in [2.24, 2.45) is 10.7 Å². The lowest BCUT2D eigenvalue weighted by Crippen LogP contribution is -2.52. The van der Waals surface area contributed by atoms with E-state index in [2.05, 4.69) is 24.1 Å². The van der Waals surface area contributed by atoms with E-state index in [0.717, 1.165) is 18.7 Å². The van der Waals surface area contributed by atoms with Crippen LogP contribution in [0.15, 0.2) is 29.5 Å². The highest BCUT2D eigenvalue weighted by atomic mass is 16.4. The van der Waals surface area contributed by atoms with Crippen molar-refractivity contribution in [2.75, 3.05) is 19.6 Å². The molecule has 0 spiro atoms. The van der Waals surface area contributed by atoms with Crippen molar-refractivity contribution in [3.63, 3.8) is 0 Å². The van der Waals surface area contributed by atoms with E-state index in [4.69, 9.17) is 5.73 Å². The molecule has 1 aliphatic rings. The standard InChI is InChI=1S/C28H51N3O2/c1-2-3-4-5-6-7-8-9-10-11-12-13-14-15-16-17-18-19-20-21-27-30-23-25-31(27,24-22-29)26-28(32)33/h11-12,23,25H,2-10,13-22,24,26,29H2,1H3/p+1/b12-11+. The number of rotatable bonds is 23. The van der Waals surface area contributed by atoms with E-state index in [-0.39, 0.29) is 6.54 Å². The van der Waals surface area contributed by atoms with Gasteiger partial charge in [0.2, 0.25) is 5.84 Å². The summed E-state index contributed by atoms with van der Waals surface area (Å²) >= 11 is 0. The lowest BCUT2D eigenvalue weighted by atomic mass is 10.1. The molecule has 5 heteroatoms. The highest BCUT2D eigenvalue weighted by Crippen LogP contribution is 2.21. The Balaban J connectivity index is 1.93. The van der Waals surface area contributed by atoms with Crippen LogP contribution < -0.4 is 5.73 Å². The van der Waals surface area contributed by atoms with Crippen molar-refractivity contribution in [3.05, 3.63) is 24.6 Å². The van der Waals surface area contributed by atoms with Gasteiger partial charge in [-0.2, -0.15) is 0 Å². The molecule has 5 nitrogen and oxygen atoms in total. The number of amidine groups is 1. The molecule has 190 valence electrons. The molecule has 3 N–H and O–H groups in total. The van der Waals surface area contributed by atoms with Crippen LogP contribution in [-0.2, 0) is 4.79 Å². The fourth-order valence-electron chi connectivity index (χ4n) is 4.69. The van der Waals surface area contributed by atoms with Gasteiger partial charge in [-0.05, 0) is 32.1 Å². The number of allylic oxidation sites excluding steroid dienone is 2. The van der Waals surface area contributed by atoms with E-state index in [0.29, 0.717) is 17.6 Å². The molecular formula is C28H52N3O2+. The Labute approximate surface area is 203 Å². The van der Waals surface area contributed by atoms with Crippen molar-refractivity contribution in [1.82, 2.24) is 0 Å². The Morgan fingerprint density at radius 1 is 0.879 bits per heavy atom. The molecule has 0 saturated carbocycles. The molecular weight excluding hydrogens is 410 g/mol. The molecule has 0 aromatic rings. The van der Waals surface area contributed by atoms with Crippen LogP contribution in [0.4, 0.5) is 0 Å². The highest BCUT2D eigenvalue weighted by Gasteiger charge is 2.36. The summed E-state index contributed by atoms with van der Waals surface area (Å²) in [4.78, 5) is 15.7. The molecule has 0 amide bonds. The minimum Gasteiger partial charge on any atom is -0.477 e. The number of aliphatic carboxylic acids is 1. The Morgan fingerprint density at radius 2 is 1.39 bits per heavy atom. The van der Waals surface area contributed by atoms with Gasteiger partial charge in [0.25, 0.3) is 0 Å². The van der Waals surface area contributed by atoms with Crippen molar-refractivity contribution in [1.29, 1.82) is 0 Å². The maximum Gasteiger partial charge on any atom is 0.360 e. The number of hydrogen-bond donors (Lipinski definition) is 2. The lowest BCUT2D eigenvalue weighted by Gasteiger charge is -2.30. The monoisotopic (exact) mass is 462 g/mol. The quantitative estimate of drug-likeness (QED) is 0.0948. The molecule has 0 bridgehead atoms. The van der Waals surface area contributed by atoms with Crippen LogP contribution in [0.2, 0.25) is 0 Å². The third-order valence-corrected chi connectivity index (χ3v) is 6.70. The number of aliphatic imine (C=N–C) groups is 1. The van der Waals surface area contributed by atoms with Crippen LogP contribution in [0.1, 0.15) is 122 Å². The zero-order valence-corrected chi connectivity index (χ0v) is 21.5. The third-order valence-electron chi connectivity index (χ3n) is 6.70. The smallest absolute Gasteiger partial charge is 0.360 e. The van der Waals surface area contributed by atoms with Gasteiger partial charge in [-0.15, -0.1) is 0 Å². The van der Waals surface area contributed by atoms with Crippen LogP contribution in [0, 0.1) is 0 Å². The van der Waals surface area contributed by atoms with Crippen molar-refractivity contribution >= 4 is 11.8 Å². The normalized spacial score (nSPS) is 17.8. The predicted molar refractivity (Wildman–Crippen MR) is 141 cm³/mol. The van der Waals surface area contributed by atoms with Crippen molar-refractivity contribution in [2.45, 2.75) is 122 Å². The first kappa shape index (κ1) is 29.6. The summed E-state index contributed by atoms with van der Waals surface area (Å²) in [7, 11) is 0.